The molecule has 0 aliphatic carbocycles. The highest BCUT2D eigenvalue weighted by molar-refractivity contribution is 6.30. The van der Waals surface area contributed by atoms with Crippen molar-refractivity contribution in [1.29, 1.82) is 0 Å². The summed E-state index contributed by atoms with van der Waals surface area (Å²) in [6, 6.07) is 5.19. The van der Waals surface area contributed by atoms with E-state index in [9.17, 15) is 4.79 Å². The van der Waals surface area contributed by atoms with E-state index in [4.69, 9.17) is 22.1 Å². The summed E-state index contributed by atoms with van der Waals surface area (Å²) in [6.07, 6.45) is 0.958. The van der Waals surface area contributed by atoms with Crippen LogP contribution < -0.4 is 10.5 Å². The molecule has 4 nitrogen and oxygen atoms in total. The van der Waals surface area contributed by atoms with Crippen LogP contribution in [0.25, 0.3) is 0 Å². The Morgan fingerprint density at radius 2 is 2.32 bits per heavy atom. The highest BCUT2D eigenvalue weighted by Gasteiger charge is 2.30. The number of halogens is 1. The van der Waals surface area contributed by atoms with E-state index < -0.39 is 0 Å². The average molecular weight is 283 g/mol. The second-order valence-corrected chi connectivity index (χ2v) is 5.44. The molecule has 104 valence electrons. The van der Waals surface area contributed by atoms with Gasteiger partial charge in [0.25, 0.3) is 5.91 Å². The Balaban J connectivity index is 2.17. The fourth-order valence-corrected chi connectivity index (χ4v) is 2.58. The summed E-state index contributed by atoms with van der Waals surface area (Å²) in [6.45, 7) is 3.45. The van der Waals surface area contributed by atoms with E-state index >= 15 is 0 Å². The van der Waals surface area contributed by atoms with E-state index in [-0.39, 0.29) is 11.9 Å². The van der Waals surface area contributed by atoms with Crippen LogP contribution in [0.1, 0.15) is 23.7 Å². The van der Waals surface area contributed by atoms with Crippen LogP contribution in [0.5, 0.6) is 5.75 Å². The summed E-state index contributed by atoms with van der Waals surface area (Å²) in [5.74, 6) is 0.876. The van der Waals surface area contributed by atoms with Crippen molar-refractivity contribution >= 4 is 17.5 Å². The second kappa shape index (κ2) is 5.80. The number of nitrogens with zero attached hydrogens (tertiary/aromatic N) is 1. The van der Waals surface area contributed by atoms with Crippen molar-refractivity contribution in [3.05, 3.63) is 28.8 Å². The molecular weight excluding hydrogens is 264 g/mol. The molecule has 0 spiro atoms. The van der Waals surface area contributed by atoms with Crippen LogP contribution in [0.3, 0.4) is 0 Å². The standard InChI is InChI=1S/C14H19ClN2O2/c1-9(16)10-5-6-17(8-10)14(18)12-4-3-11(15)7-13(12)19-2/h3-4,7,9-10H,5-6,8,16H2,1-2H3. The van der Waals surface area contributed by atoms with Gasteiger partial charge in [0, 0.05) is 24.2 Å². The predicted octanol–water partition coefficient (Wildman–Crippen LogP) is 2.16. The molecule has 1 fully saturated rings. The Morgan fingerprint density at radius 3 is 2.89 bits per heavy atom. The van der Waals surface area contributed by atoms with Crippen molar-refractivity contribution in [1.82, 2.24) is 4.90 Å². The van der Waals surface area contributed by atoms with Crippen LogP contribution in [0.4, 0.5) is 0 Å². The van der Waals surface area contributed by atoms with E-state index in [0.717, 1.165) is 13.0 Å². The minimum absolute atomic E-state index is 0.0170. The number of nitrogens with two attached hydrogens (primary N) is 1. The minimum Gasteiger partial charge on any atom is -0.496 e. The van der Waals surface area contributed by atoms with Crippen molar-refractivity contribution in [2.24, 2.45) is 11.7 Å². The first-order valence-electron chi connectivity index (χ1n) is 6.41. The van der Waals surface area contributed by atoms with E-state index in [1.807, 2.05) is 11.8 Å². The molecule has 2 N–H and O–H groups in total. The van der Waals surface area contributed by atoms with Crippen LogP contribution in [0.15, 0.2) is 18.2 Å². The number of likely N-dealkylation sites (tertiary alicyclic amines) is 1. The Morgan fingerprint density at radius 1 is 1.58 bits per heavy atom. The van der Waals surface area contributed by atoms with Crippen LogP contribution in [-0.2, 0) is 0 Å². The summed E-state index contributed by atoms with van der Waals surface area (Å²) >= 11 is 5.90. The van der Waals surface area contributed by atoms with Gasteiger partial charge in [-0.25, -0.2) is 0 Å². The number of rotatable bonds is 3. The third-order valence-corrected chi connectivity index (χ3v) is 3.88. The zero-order valence-corrected chi connectivity index (χ0v) is 12.0. The maximum absolute atomic E-state index is 12.5. The van der Waals surface area contributed by atoms with Gasteiger partial charge in [0.05, 0.1) is 12.7 Å². The minimum atomic E-state index is -0.0170. The van der Waals surface area contributed by atoms with Gasteiger partial charge in [-0.05, 0) is 37.5 Å². The Labute approximate surface area is 118 Å². The molecule has 2 unspecified atom stereocenters. The molecule has 0 saturated carbocycles. The number of benzene rings is 1. The first kappa shape index (κ1) is 14.2. The van der Waals surface area contributed by atoms with Crippen molar-refractivity contribution in [3.8, 4) is 5.75 Å². The maximum Gasteiger partial charge on any atom is 0.257 e. The zero-order chi connectivity index (χ0) is 14.0. The van der Waals surface area contributed by atoms with Crippen LogP contribution in [0, 0.1) is 5.92 Å². The molecule has 0 radical (unpaired) electrons. The van der Waals surface area contributed by atoms with Gasteiger partial charge in [0.2, 0.25) is 0 Å². The van der Waals surface area contributed by atoms with Gasteiger partial charge >= 0.3 is 0 Å². The molecule has 0 bridgehead atoms. The normalized spacial score (nSPS) is 20.4. The first-order chi connectivity index (χ1) is 9.02. The maximum atomic E-state index is 12.5. The number of carbonyl (C=O) groups excluding carboxylic acids is 1. The van der Waals surface area contributed by atoms with Gasteiger partial charge in [-0.15, -0.1) is 0 Å². The van der Waals surface area contributed by atoms with Crippen LogP contribution in [-0.4, -0.2) is 37.0 Å². The lowest BCUT2D eigenvalue weighted by atomic mass is 10.0. The fourth-order valence-electron chi connectivity index (χ4n) is 2.41. The third-order valence-electron chi connectivity index (χ3n) is 3.65. The van der Waals surface area contributed by atoms with Gasteiger partial charge in [0.15, 0.2) is 0 Å². The predicted molar refractivity (Wildman–Crippen MR) is 75.7 cm³/mol. The molecule has 0 aromatic heterocycles. The Bertz CT molecular complexity index is 477. The highest BCUT2D eigenvalue weighted by atomic mass is 35.5. The molecule has 1 aromatic rings. The van der Waals surface area contributed by atoms with Crippen molar-refractivity contribution < 1.29 is 9.53 Å². The molecule has 1 amide bonds. The molecule has 5 heteroatoms. The summed E-state index contributed by atoms with van der Waals surface area (Å²) < 4.78 is 5.22. The number of hydrogen-bond acceptors (Lipinski definition) is 3. The Hall–Kier alpha value is -1.26. The van der Waals surface area contributed by atoms with E-state index in [2.05, 4.69) is 0 Å². The molecule has 2 rings (SSSR count). The molecule has 1 aliphatic rings. The molecule has 1 saturated heterocycles. The van der Waals surface area contributed by atoms with Gasteiger partial charge in [-0.3, -0.25) is 4.79 Å². The van der Waals surface area contributed by atoms with Crippen molar-refractivity contribution in [2.75, 3.05) is 20.2 Å². The monoisotopic (exact) mass is 282 g/mol. The molecular formula is C14H19ClN2O2. The first-order valence-corrected chi connectivity index (χ1v) is 6.79. The second-order valence-electron chi connectivity index (χ2n) is 5.00. The number of hydrogen-bond donors (Lipinski definition) is 1. The van der Waals surface area contributed by atoms with E-state index in [1.54, 1.807) is 18.2 Å². The number of carbonyl (C=O) groups is 1. The summed E-state index contributed by atoms with van der Waals surface area (Å²) in [7, 11) is 1.54. The summed E-state index contributed by atoms with van der Waals surface area (Å²) in [5, 5.41) is 0.559. The lowest BCUT2D eigenvalue weighted by Crippen LogP contribution is -2.33. The number of amides is 1. The fraction of sp³-hybridized carbons (Fsp3) is 0.500. The summed E-state index contributed by atoms with van der Waals surface area (Å²) in [5.41, 5.74) is 6.45. The topological polar surface area (TPSA) is 55.6 Å². The van der Waals surface area contributed by atoms with Gasteiger partial charge in [0.1, 0.15) is 5.75 Å². The molecule has 1 heterocycles. The Kier molecular flexibility index (Phi) is 4.32. The quantitative estimate of drug-likeness (QED) is 0.924. The van der Waals surface area contributed by atoms with Crippen molar-refractivity contribution in [2.45, 2.75) is 19.4 Å². The van der Waals surface area contributed by atoms with E-state index in [0.29, 0.717) is 28.8 Å². The van der Waals surface area contributed by atoms with Crippen molar-refractivity contribution in [3.63, 3.8) is 0 Å². The smallest absolute Gasteiger partial charge is 0.257 e. The van der Waals surface area contributed by atoms with Crippen LogP contribution >= 0.6 is 11.6 Å². The highest BCUT2D eigenvalue weighted by Crippen LogP contribution is 2.27. The SMILES string of the molecule is COc1cc(Cl)ccc1C(=O)N1CCC(C(C)N)C1. The van der Waals surface area contributed by atoms with Gasteiger partial charge in [-0.2, -0.15) is 0 Å². The molecule has 2 atom stereocenters. The third kappa shape index (κ3) is 3.01. The average Bonchev–Trinajstić information content (AvgIpc) is 2.87. The van der Waals surface area contributed by atoms with E-state index in [1.165, 1.54) is 7.11 Å². The van der Waals surface area contributed by atoms with Gasteiger partial charge in [-0.1, -0.05) is 11.6 Å². The molecule has 1 aromatic carbocycles. The summed E-state index contributed by atoms with van der Waals surface area (Å²) in [4.78, 5) is 14.3. The largest absolute Gasteiger partial charge is 0.496 e. The zero-order valence-electron chi connectivity index (χ0n) is 11.2. The van der Waals surface area contributed by atoms with Crippen LogP contribution in [0.2, 0.25) is 5.02 Å². The van der Waals surface area contributed by atoms with Gasteiger partial charge < -0.3 is 15.4 Å². The number of ether oxygens (including phenoxy) is 1. The molecule has 1 aliphatic heterocycles. The number of methoxy groups -OCH3 is 1. The lowest BCUT2D eigenvalue weighted by Gasteiger charge is -2.19. The molecule has 19 heavy (non-hydrogen) atoms. The lowest BCUT2D eigenvalue weighted by molar-refractivity contribution is 0.0782.